The summed E-state index contributed by atoms with van der Waals surface area (Å²) in [5.74, 6) is 1.17. The molecule has 2 rings (SSSR count). The molecule has 0 saturated heterocycles. The second-order valence-corrected chi connectivity index (χ2v) is 5.26. The van der Waals surface area contributed by atoms with Crippen molar-refractivity contribution < 1.29 is 4.79 Å². The summed E-state index contributed by atoms with van der Waals surface area (Å²) >= 11 is 0. The zero-order chi connectivity index (χ0) is 14.4. The average Bonchev–Trinajstić information content (AvgIpc) is 2.34. The first-order valence-electron chi connectivity index (χ1n) is 7.04. The predicted molar refractivity (Wildman–Crippen MR) is 96.8 cm³/mol. The van der Waals surface area contributed by atoms with Gasteiger partial charge in [0.05, 0.1) is 6.54 Å². The number of nitrogens with one attached hydrogen (secondary N) is 2. The van der Waals surface area contributed by atoms with E-state index in [0.29, 0.717) is 12.5 Å². The van der Waals surface area contributed by atoms with E-state index in [1.54, 1.807) is 0 Å². The van der Waals surface area contributed by atoms with Crippen LogP contribution in [-0.2, 0) is 11.3 Å². The monoisotopic (exact) mass is 402 g/mol. The van der Waals surface area contributed by atoms with Crippen molar-refractivity contribution in [2.75, 3.05) is 11.9 Å². The number of hydrogen-bond donors (Lipinski definition) is 3. The first-order chi connectivity index (χ1) is 9.63. The predicted octanol–water partition coefficient (Wildman–Crippen LogP) is 2.47. The summed E-state index contributed by atoms with van der Waals surface area (Å²) in [6, 6.07) is 7.62. The molecule has 4 N–H and O–H groups in total. The molecule has 0 atom stereocenters. The van der Waals surface area contributed by atoms with Crippen LogP contribution < -0.4 is 16.4 Å². The van der Waals surface area contributed by atoms with Gasteiger partial charge in [-0.3, -0.25) is 4.79 Å². The third-order valence-electron chi connectivity index (χ3n) is 3.48. The van der Waals surface area contributed by atoms with Crippen LogP contribution in [0.5, 0.6) is 0 Å². The molecule has 0 aromatic heterocycles. The van der Waals surface area contributed by atoms with Gasteiger partial charge < -0.3 is 16.4 Å². The molecule has 0 aliphatic heterocycles. The molecule has 6 heteroatoms. The van der Waals surface area contributed by atoms with Gasteiger partial charge in [0.25, 0.3) is 0 Å². The Morgan fingerprint density at radius 3 is 2.81 bits per heavy atom. The van der Waals surface area contributed by atoms with Crippen LogP contribution in [0.15, 0.2) is 29.3 Å². The minimum atomic E-state index is -0.0765. The van der Waals surface area contributed by atoms with Crippen LogP contribution in [-0.4, -0.2) is 18.4 Å². The lowest BCUT2D eigenvalue weighted by Crippen LogP contribution is -2.37. The highest BCUT2D eigenvalue weighted by atomic mass is 127. The molecule has 0 unspecified atom stereocenters. The number of nitrogens with zero attached hydrogens (tertiary/aromatic N) is 1. The maximum absolute atomic E-state index is 11.0. The molecule has 1 aromatic rings. The number of benzene rings is 1. The lowest BCUT2D eigenvalue weighted by atomic mass is 9.85. The van der Waals surface area contributed by atoms with E-state index >= 15 is 0 Å². The van der Waals surface area contributed by atoms with Crippen LogP contribution in [0.2, 0.25) is 0 Å². The fraction of sp³-hybridized carbons (Fsp3) is 0.467. The molecular formula is C15H23IN4O. The summed E-state index contributed by atoms with van der Waals surface area (Å²) < 4.78 is 0. The van der Waals surface area contributed by atoms with Crippen molar-refractivity contribution in [1.82, 2.24) is 5.32 Å². The highest BCUT2D eigenvalue weighted by molar-refractivity contribution is 14.0. The van der Waals surface area contributed by atoms with Crippen LogP contribution in [0.25, 0.3) is 0 Å². The van der Waals surface area contributed by atoms with Gasteiger partial charge in [-0.25, -0.2) is 4.99 Å². The number of hydrogen-bond acceptors (Lipinski definition) is 2. The molecule has 0 radical (unpaired) electrons. The van der Waals surface area contributed by atoms with Gasteiger partial charge in [0.15, 0.2) is 5.96 Å². The summed E-state index contributed by atoms with van der Waals surface area (Å²) in [6.45, 7) is 2.92. The van der Waals surface area contributed by atoms with Gasteiger partial charge in [0, 0.05) is 19.2 Å². The molecule has 1 aromatic carbocycles. The minimum Gasteiger partial charge on any atom is -0.370 e. The lowest BCUT2D eigenvalue weighted by Gasteiger charge is -2.25. The first kappa shape index (κ1) is 17.7. The first-order valence-corrected chi connectivity index (χ1v) is 7.04. The number of rotatable bonds is 5. The molecule has 1 amide bonds. The summed E-state index contributed by atoms with van der Waals surface area (Å²) in [4.78, 5) is 15.3. The van der Waals surface area contributed by atoms with Crippen molar-refractivity contribution in [3.8, 4) is 0 Å². The Bertz CT molecular complexity index is 500. The Kier molecular flexibility index (Phi) is 7.49. The van der Waals surface area contributed by atoms with E-state index in [2.05, 4.69) is 15.6 Å². The SMILES string of the molecule is CC(=O)Nc1cccc(CN=C(N)NCC2CCC2)c1.I. The van der Waals surface area contributed by atoms with E-state index in [9.17, 15) is 4.79 Å². The van der Waals surface area contributed by atoms with Gasteiger partial charge >= 0.3 is 0 Å². The number of aliphatic imine (C=N–C) groups is 1. The van der Waals surface area contributed by atoms with Crippen molar-refractivity contribution >= 4 is 41.5 Å². The maximum Gasteiger partial charge on any atom is 0.221 e. The Labute approximate surface area is 142 Å². The fourth-order valence-corrected chi connectivity index (χ4v) is 2.13. The molecule has 21 heavy (non-hydrogen) atoms. The van der Waals surface area contributed by atoms with Gasteiger partial charge in [-0.2, -0.15) is 0 Å². The summed E-state index contributed by atoms with van der Waals surface area (Å²) in [7, 11) is 0. The molecule has 0 heterocycles. The van der Waals surface area contributed by atoms with Gasteiger partial charge in [0.2, 0.25) is 5.91 Å². The lowest BCUT2D eigenvalue weighted by molar-refractivity contribution is -0.114. The summed E-state index contributed by atoms with van der Waals surface area (Å²) in [5, 5.41) is 5.91. The van der Waals surface area contributed by atoms with Crippen molar-refractivity contribution in [1.29, 1.82) is 0 Å². The number of guanidine groups is 1. The second kappa shape index (κ2) is 8.86. The van der Waals surface area contributed by atoms with E-state index in [1.165, 1.54) is 26.2 Å². The van der Waals surface area contributed by atoms with Crippen LogP contribution >= 0.6 is 24.0 Å². The second-order valence-electron chi connectivity index (χ2n) is 5.26. The zero-order valence-electron chi connectivity index (χ0n) is 12.3. The number of halogens is 1. The van der Waals surface area contributed by atoms with E-state index in [0.717, 1.165) is 23.7 Å². The molecular weight excluding hydrogens is 379 g/mol. The fourth-order valence-electron chi connectivity index (χ4n) is 2.13. The normalized spacial score (nSPS) is 14.8. The molecule has 1 aliphatic rings. The number of carbonyl (C=O) groups is 1. The van der Waals surface area contributed by atoms with E-state index in [4.69, 9.17) is 5.73 Å². The summed E-state index contributed by atoms with van der Waals surface area (Å²) in [5.41, 5.74) is 7.64. The molecule has 1 aliphatic carbocycles. The Balaban J connectivity index is 0.00000220. The summed E-state index contributed by atoms with van der Waals surface area (Å²) in [6.07, 6.45) is 3.91. The minimum absolute atomic E-state index is 0. The average molecular weight is 402 g/mol. The number of amides is 1. The number of nitrogens with two attached hydrogens (primary N) is 1. The van der Waals surface area contributed by atoms with Crippen LogP contribution in [0, 0.1) is 5.92 Å². The van der Waals surface area contributed by atoms with Gasteiger partial charge in [0.1, 0.15) is 0 Å². The Morgan fingerprint density at radius 2 is 2.19 bits per heavy atom. The molecule has 5 nitrogen and oxygen atoms in total. The number of carbonyl (C=O) groups excluding carboxylic acids is 1. The smallest absolute Gasteiger partial charge is 0.221 e. The van der Waals surface area contributed by atoms with E-state index in [-0.39, 0.29) is 29.9 Å². The van der Waals surface area contributed by atoms with Gasteiger partial charge in [-0.1, -0.05) is 18.6 Å². The maximum atomic E-state index is 11.0. The molecule has 116 valence electrons. The molecule has 1 fully saturated rings. The zero-order valence-corrected chi connectivity index (χ0v) is 14.6. The highest BCUT2D eigenvalue weighted by Gasteiger charge is 2.16. The third-order valence-corrected chi connectivity index (χ3v) is 3.48. The largest absolute Gasteiger partial charge is 0.370 e. The quantitative estimate of drug-likeness (QED) is 0.402. The highest BCUT2D eigenvalue weighted by Crippen LogP contribution is 2.24. The van der Waals surface area contributed by atoms with Crippen LogP contribution in [0.1, 0.15) is 31.7 Å². The third kappa shape index (κ3) is 6.33. The van der Waals surface area contributed by atoms with Gasteiger partial charge in [-0.15, -0.1) is 24.0 Å². The van der Waals surface area contributed by atoms with Crippen LogP contribution in [0.3, 0.4) is 0 Å². The molecule has 0 bridgehead atoms. The standard InChI is InChI=1S/C15H22N4O.HI/c1-11(20)19-14-7-3-6-13(8-14)10-18-15(16)17-9-12-4-2-5-12;/h3,6-8,12H,2,4-5,9-10H2,1H3,(H,19,20)(H3,16,17,18);1H. The van der Waals surface area contributed by atoms with E-state index in [1.807, 2.05) is 24.3 Å². The van der Waals surface area contributed by atoms with Gasteiger partial charge in [-0.05, 0) is 36.5 Å². The van der Waals surface area contributed by atoms with Crippen LogP contribution in [0.4, 0.5) is 5.69 Å². The molecule has 1 saturated carbocycles. The Hall–Kier alpha value is -1.31. The van der Waals surface area contributed by atoms with E-state index < -0.39 is 0 Å². The topological polar surface area (TPSA) is 79.5 Å². The Morgan fingerprint density at radius 1 is 1.43 bits per heavy atom. The number of anilines is 1. The molecule has 0 spiro atoms. The van der Waals surface area contributed by atoms with Crippen molar-refractivity contribution in [3.63, 3.8) is 0 Å². The van der Waals surface area contributed by atoms with Crippen molar-refractivity contribution in [2.45, 2.75) is 32.7 Å². The van der Waals surface area contributed by atoms with Crippen molar-refractivity contribution in [2.24, 2.45) is 16.6 Å². The van der Waals surface area contributed by atoms with Crippen molar-refractivity contribution in [3.05, 3.63) is 29.8 Å².